The lowest BCUT2D eigenvalue weighted by Crippen LogP contribution is -2.19. The molecular formula is C12H16F3NO2. The lowest BCUT2D eigenvalue weighted by atomic mass is 10.2. The van der Waals surface area contributed by atoms with E-state index in [1.54, 1.807) is 12.1 Å². The van der Waals surface area contributed by atoms with E-state index in [-0.39, 0.29) is 6.61 Å². The highest BCUT2D eigenvalue weighted by atomic mass is 19.4. The molecule has 102 valence electrons. The second kappa shape index (κ2) is 7.23. The Kier molecular flexibility index (Phi) is 5.94. The van der Waals surface area contributed by atoms with Crippen LogP contribution in [0.1, 0.15) is 12.5 Å². The Morgan fingerprint density at radius 2 is 1.89 bits per heavy atom. The smallest absolute Gasteiger partial charge is 0.491 e. The highest BCUT2D eigenvalue weighted by Crippen LogP contribution is 2.19. The number of hydrogen-bond donors (Lipinski definition) is 1. The van der Waals surface area contributed by atoms with Gasteiger partial charge in [0.25, 0.3) is 0 Å². The van der Waals surface area contributed by atoms with Crippen molar-refractivity contribution in [3.8, 4) is 5.75 Å². The van der Waals surface area contributed by atoms with Crippen molar-refractivity contribution < 1.29 is 22.6 Å². The topological polar surface area (TPSA) is 30.5 Å². The van der Waals surface area contributed by atoms with E-state index in [0.29, 0.717) is 12.3 Å². The van der Waals surface area contributed by atoms with Crippen molar-refractivity contribution in [3.05, 3.63) is 29.8 Å². The molecule has 1 N–H and O–H groups in total. The van der Waals surface area contributed by atoms with Crippen molar-refractivity contribution in [2.75, 3.05) is 19.8 Å². The number of hydrogen-bond acceptors (Lipinski definition) is 3. The van der Waals surface area contributed by atoms with Gasteiger partial charge in [0.15, 0.2) is 0 Å². The van der Waals surface area contributed by atoms with Crippen LogP contribution >= 0.6 is 0 Å². The van der Waals surface area contributed by atoms with Crippen molar-refractivity contribution in [3.63, 3.8) is 0 Å². The maximum absolute atomic E-state index is 11.7. The number of ether oxygens (including phenoxy) is 2. The van der Waals surface area contributed by atoms with Gasteiger partial charge < -0.3 is 10.1 Å². The molecule has 0 bridgehead atoms. The van der Waals surface area contributed by atoms with Crippen molar-refractivity contribution in [1.29, 1.82) is 0 Å². The highest BCUT2D eigenvalue weighted by Gasteiger charge is 2.28. The summed E-state index contributed by atoms with van der Waals surface area (Å²) in [5, 5.41) is 3.13. The minimum Gasteiger partial charge on any atom is -0.491 e. The van der Waals surface area contributed by atoms with Gasteiger partial charge in [-0.2, -0.15) is 0 Å². The predicted octanol–water partition coefficient (Wildman–Crippen LogP) is 2.71. The molecule has 0 fully saturated rings. The van der Waals surface area contributed by atoms with Crippen molar-refractivity contribution in [1.82, 2.24) is 5.32 Å². The Morgan fingerprint density at radius 3 is 2.56 bits per heavy atom. The third-order valence-electron chi connectivity index (χ3n) is 2.14. The molecule has 1 aromatic carbocycles. The molecule has 0 unspecified atom stereocenters. The summed E-state index contributed by atoms with van der Waals surface area (Å²) in [7, 11) is 0. The number of para-hydroxylation sites is 1. The van der Waals surface area contributed by atoms with Gasteiger partial charge in [0.2, 0.25) is 0 Å². The molecule has 0 saturated carbocycles. The minimum absolute atomic E-state index is 0.136. The average molecular weight is 263 g/mol. The fraction of sp³-hybridized carbons (Fsp3) is 0.500. The predicted molar refractivity (Wildman–Crippen MR) is 61.3 cm³/mol. The first-order valence-electron chi connectivity index (χ1n) is 5.65. The number of nitrogens with one attached hydrogen (secondary N) is 1. The Bertz CT molecular complexity index is 355. The second-order valence-corrected chi connectivity index (χ2v) is 3.53. The first-order valence-corrected chi connectivity index (χ1v) is 5.65. The van der Waals surface area contributed by atoms with Gasteiger partial charge in [-0.05, 0) is 12.6 Å². The lowest BCUT2D eigenvalue weighted by Gasteiger charge is -2.12. The van der Waals surface area contributed by atoms with Crippen LogP contribution in [0.4, 0.5) is 13.2 Å². The number of benzene rings is 1. The standard InChI is InChI=1S/C12H16F3NO2/c1-2-16-9-10-5-3-4-6-11(10)17-7-8-18-12(13,14)15/h3-6,16H,2,7-9H2,1H3. The molecule has 0 spiro atoms. The SMILES string of the molecule is CCNCc1ccccc1OCCOC(F)(F)F. The van der Waals surface area contributed by atoms with Crippen molar-refractivity contribution in [2.24, 2.45) is 0 Å². The van der Waals surface area contributed by atoms with Gasteiger partial charge >= 0.3 is 6.36 Å². The molecule has 1 rings (SSSR count). The molecule has 0 atom stereocenters. The van der Waals surface area contributed by atoms with Crippen LogP contribution < -0.4 is 10.1 Å². The first-order chi connectivity index (χ1) is 8.53. The summed E-state index contributed by atoms with van der Waals surface area (Å²) in [6.07, 6.45) is -4.60. The zero-order chi connectivity index (χ0) is 13.4. The summed E-state index contributed by atoms with van der Waals surface area (Å²) in [6.45, 7) is 2.75. The molecule has 0 aromatic heterocycles. The van der Waals surface area contributed by atoms with E-state index in [9.17, 15) is 13.2 Å². The number of rotatable bonds is 7. The summed E-state index contributed by atoms with van der Waals surface area (Å²) >= 11 is 0. The monoisotopic (exact) mass is 263 g/mol. The maximum Gasteiger partial charge on any atom is 0.522 e. The van der Waals surface area contributed by atoms with E-state index in [1.807, 2.05) is 19.1 Å². The minimum atomic E-state index is -4.60. The third-order valence-corrected chi connectivity index (χ3v) is 2.14. The summed E-state index contributed by atoms with van der Waals surface area (Å²) in [5.74, 6) is 0.573. The Hall–Kier alpha value is -1.27. The average Bonchev–Trinajstić information content (AvgIpc) is 2.32. The molecule has 18 heavy (non-hydrogen) atoms. The molecule has 0 radical (unpaired) electrons. The summed E-state index contributed by atoms with van der Waals surface area (Å²) in [4.78, 5) is 0. The van der Waals surface area contributed by atoms with E-state index in [0.717, 1.165) is 12.1 Å². The molecule has 0 amide bonds. The third kappa shape index (κ3) is 5.88. The Labute approximate surface area is 104 Å². The van der Waals surface area contributed by atoms with E-state index >= 15 is 0 Å². The quantitative estimate of drug-likeness (QED) is 0.767. The first kappa shape index (κ1) is 14.8. The van der Waals surface area contributed by atoms with Crippen LogP contribution in [-0.4, -0.2) is 26.1 Å². The molecule has 0 aliphatic heterocycles. The van der Waals surface area contributed by atoms with Crippen molar-refractivity contribution >= 4 is 0 Å². The van der Waals surface area contributed by atoms with Gasteiger partial charge in [-0.25, -0.2) is 0 Å². The maximum atomic E-state index is 11.7. The van der Waals surface area contributed by atoms with Gasteiger partial charge in [-0.1, -0.05) is 25.1 Å². The van der Waals surface area contributed by atoms with Crippen LogP contribution in [0.2, 0.25) is 0 Å². The van der Waals surface area contributed by atoms with Crippen LogP contribution in [0, 0.1) is 0 Å². The Balaban J connectivity index is 2.41. The normalized spacial score (nSPS) is 11.6. The molecule has 1 aromatic rings. The van der Waals surface area contributed by atoms with Gasteiger partial charge in [0, 0.05) is 12.1 Å². The molecule has 0 saturated heterocycles. The number of halogens is 3. The molecule has 0 aliphatic carbocycles. The zero-order valence-corrected chi connectivity index (χ0v) is 10.1. The zero-order valence-electron chi connectivity index (χ0n) is 10.1. The molecular weight excluding hydrogens is 247 g/mol. The van der Waals surface area contributed by atoms with Crippen molar-refractivity contribution in [2.45, 2.75) is 19.8 Å². The van der Waals surface area contributed by atoms with Gasteiger partial charge in [-0.3, -0.25) is 4.74 Å². The summed E-state index contributed by atoms with van der Waals surface area (Å²) in [6, 6.07) is 7.21. The van der Waals surface area contributed by atoms with E-state index in [1.165, 1.54) is 0 Å². The van der Waals surface area contributed by atoms with Gasteiger partial charge in [-0.15, -0.1) is 13.2 Å². The lowest BCUT2D eigenvalue weighted by molar-refractivity contribution is -0.325. The fourth-order valence-electron chi connectivity index (χ4n) is 1.36. The van der Waals surface area contributed by atoms with Crippen LogP contribution in [0.15, 0.2) is 24.3 Å². The molecule has 3 nitrogen and oxygen atoms in total. The fourth-order valence-corrected chi connectivity index (χ4v) is 1.36. The van der Waals surface area contributed by atoms with Gasteiger partial charge in [0.05, 0.1) is 6.61 Å². The van der Waals surface area contributed by atoms with Crippen LogP contribution in [0.25, 0.3) is 0 Å². The van der Waals surface area contributed by atoms with Crippen LogP contribution in [0.3, 0.4) is 0 Å². The molecule has 0 heterocycles. The second-order valence-electron chi connectivity index (χ2n) is 3.53. The van der Waals surface area contributed by atoms with Gasteiger partial charge in [0.1, 0.15) is 12.4 Å². The highest BCUT2D eigenvalue weighted by molar-refractivity contribution is 5.33. The largest absolute Gasteiger partial charge is 0.522 e. The molecule has 0 aliphatic rings. The van der Waals surface area contributed by atoms with Crippen LogP contribution in [-0.2, 0) is 11.3 Å². The summed E-state index contributed by atoms with van der Waals surface area (Å²) < 4.78 is 44.1. The van der Waals surface area contributed by atoms with E-state index in [2.05, 4.69) is 10.1 Å². The molecule has 6 heteroatoms. The van der Waals surface area contributed by atoms with E-state index < -0.39 is 13.0 Å². The summed E-state index contributed by atoms with van der Waals surface area (Å²) in [5.41, 5.74) is 0.909. The number of alkyl halides is 3. The van der Waals surface area contributed by atoms with Crippen LogP contribution in [0.5, 0.6) is 5.75 Å². The Morgan fingerprint density at radius 1 is 1.17 bits per heavy atom. The van der Waals surface area contributed by atoms with E-state index in [4.69, 9.17) is 4.74 Å².